The standard InChI is InChI=1S/C16H12BrN.C2H6/c1-3-9-10(4-2)13-8-14(17)16(18)12-7-5-6-11(9)15(12)13;1-2/h3-8H,1-2,18H2;1-2H3. The van der Waals surface area contributed by atoms with Crippen LogP contribution >= 0.6 is 15.9 Å². The first kappa shape index (κ1) is 14.6. The van der Waals surface area contributed by atoms with E-state index in [1.165, 1.54) is 16.5 Å². The van der Waals surface area contributed by atoms with Crippen LogP contribution in [0.15, 0.2) is 54.0 Å². The highest BCUT2D eigenvalue weighted by atomic mass is 79.9. The zero-order valence-corrected chi connectivity index (χ0v) is 13.4. The molecule has 0 bridgehead atoms. The van der Waals surface area contributed by atoms with Crippen molar-refractivity contribution >= 4 is 43.5 Å². The van der Waals surface area contributed by atoms with Crippen LogP contribution in [0.5, 0.6) is 0 Å². The molecule has 20 heavy (non-hydrogen) atoms. The fraction of sp³-hybridized carbons (Fsp3) is 0.111. The molecule has 0 heterocycles. The Bertz CT molecular complexity index is 739. The van der Waals surface area contributed by atoms with Crippen molar-refractivity contribution in [3.05, 3.63) is 65.2 Å². The molecule has 102 valence electrons. The second kappa shape index (κ2) is 5.68. The number of nitrogen functional groups attached to an aromatic ring is 1. The Balaban J connectivity index is 0.000000704. The number of anilines is 1. The van der Waals surface area contributed by atoms with Crippen molar-refractivity contribution in [2.75, 3.05) is 5.73 Å². The fourth-order valence-electron chi connectivity index (χ4n) is 2.64. The van der Waals surface area contributed by atoms with Gasteiger partial charge in [0.05, 0.1) is 5.69 Å². The predicted octanol–water partition coefficient (Wildman–Crippen LogP) is 5.81. The Kier molecular flexibility index (Phi) is 4.15. The van der Waals surface area contributed by atoms with Crippen molar-refractivity contribution < 1.29 is 0 Å². The molecule has 2 aromatic rings. The van der Waals surface area contributed by atoms with E-state index < -0.39 is 0 Å². The second-order valence-corrected chi connectivity index (χ2v) is 5.14. The summed E-state index contributed by atoms with van der Waals surface area (Å²) in [6.45, 7) is 11.8. The molecule has 0 aromatic heterocycles. The van der Waals surface area contributed by atoms with Crippen LogP contribution in [0.2, 0.25) is 0 Å². The second-order valence-electron chi connectivity index (χ2n) is 4.28. The van der Waals surface area contributed by atoms with Crippen LogP contribution in [-0.2, 0) is 0 Å². The monoisotopic (exact) mass is 327 g/mol. The molecule has 3 rings (SSSR count). The molecule has 0 radical (unpaired) electrons. The number of halogens is 1. The molecule has 1 aliphatic rings. The van der Waals surface area contributed by atoms with Gasteiger partial charge >= 0.3 is 0 Å². The third kappa shape index (κ3) is 1.92. The lowest BCUT2D eigenvalue weighted by molar-refractivity contribution is 1.50. The van der Waals surface area contributed by atoms with Gasteiger partial charge in [0.1, 0.15) is 0 Å². The Hall–Kier alpha value is -1.80. The highest BCUT2D eigenvalue weighted by Gasteiger charge is 2.22. The van der Waals surface area contributed by atoms with Crippen molar-refractivity contribution in [2.24, 2.45) is 0 Å². The van der Waals surface area contributed by atoms with Gasteiger partial charge in [-0.3, -0.25) is 0 Å². The molecule has 1 aliphatic carbocycles. The number of rotatable bonds is 2. The highest BCUT2D eigenvalue weighted by molar-refractivity contribution is 9.10. The molecule has 2 N–H and O–H groups in total. The predicted molar refractivity (Wildman–Crippen MR) is 94.6 cm³/mol. The summed E-state index contributed by atoms with van der Waals surface area (Å²) in [6, 6.07) is 8.25. The lowest BCUT2D eigenvalue weighted by Gasteiger charge is -2.08. The van der Waals surface area contributed by atoms with Crippen molar-refractivity contribution in [3.63, 3.8) is 0 Å². The Morgan fingerprint density at radius 3 is 2.25 bits per heavy atom. The van der Waals surface area contributed by atoms with Gasteiger partial charge in [-0.25, -0.2) is 0 Å². The minimum absolute atomic E-state index is 0.782. The van der Waals surface area contributed by atoms with E-state index in [0.717, 1.165) is 26.7 Å². The molecule has 2 aromatic carbocycles. The van der Waals surface area contributed by atoms with Gasteiger partial charge in [-0.05, 0) is 49.7 Å². The van der Waals surface area contributed by atoms with Gasteiger partial charge in [-0.2, -0.15) is 0 Å². The van der Waals surface area contributed by atoms with E-state index in [-0.39, 0.29) is 0 Å². The van der Waals surface area contributed by atoms with Crippen LogP contribution in [-0.4, -0.2) is 0 Å². The Morgan fingerprint density at radius 1 is 1.05 bits per heavy atom. The van der Waals surface area contributed by atoms with Gasteiger partial charge in [-0.1, -0.05) is 57.4 Å². The molecule has 1 nitrogen and oxygen atoms in total. The first-order valence-electron chi connectivity index (χ1n) is 6.69. The third-order valence-electron chi connectivity index (χ3n) is 3.43. The summed E-state index contributed by atoms with van der Waals surface area (Å²) in [5.41, 5.74) is 11.5. The molecule has 0 saturated heterocycles. The van der Waals surface area contributed by atoms with Gasteiger partial charge in [0.25, 0.3) is 0 Å². The lowest BCUT2D eigenvalue weighted by Crippen LogP contribution is -1.91. The van der Waals surface area contributed by atoms with Crippen LogP contribution in [0, 0.1) is 0 Å². The number of benzene rings is 2. The van der Waals surface area contributed by atoms with E-state index in [4.69, 9.17) is 5.73 Å². The van der Waals surface area contributed by atoms with Crippen LogP contribution in [0.3, 0.4) is 0 Å². The first-order valence-corrected chi connectivity index (χ1v) is 7.49. The molecular formula is C18H18BrN. The van der Waals surface area contributed by atoms with E-state index >= 15 is 0 Å². The Morgan fingerprint density at radius 2 is 1.65 bits per heavy atom. The average Bonchev–Trinajstić information content (AvgIpc) is 2.80. The Labute approximate surface area is 128 Å². The molecule has 2 heteroatoms. The van der Waals surface area contributed by atoms with Gasteiger partial charge < -0.3 is 5.73 Å². The van der Waals surface area contributed by atoms with Crippen LogP contribution in [0.25, 0.3) is 21.9 Å². The molecular weight excluding hydrogens is 310 g/mol. The maximum Gasteiger partial charge on any atom is 0.0538 e. The zero-order valence-electron chi connectivity index (χ0n) is 11.8. The number of nitrogens with two attached hydrogens (primary N) is 1. The summed E-state index contributed by atoms with van der Waals surface area (Å²) in [7, 11) is 0. The highest BCUT2D eigenvalue weighted by Crippen LogP contribution is 2.46. The van der Waals surface area contributed by atoms with E-state index in [2.05, 4.69) is 47.3 Å². The number of hydrogen-bond donors (Lipinski definition) is 1. The summed E-state index contributed by atoms with van der Waals surface area (Å²) in [5.74, 6) is 0. The summed E-state index contributed by atoms with van der Waals surface area (Å²) in [6.07, 6.45) is 3.77. The fourth-order valence-corrected chi connectivity index (χ4v) is 3.08. The molecule has 0 unspecified atom stereocenters. The van der Waals surface area contributed by atoms with Gasteiger partial charge in [0.15, 0.2) is 0 Å². The largest absolute Gasteiger partial charge is 0.397 e. The van der Waals surface area contributed by atoms with Crippen LogP contribution < -0.4 is 5.73 Å². The molecule has 0 atom stereocenters. The first-order chi connectivity index (χ1) is 9.69. The third-order valence-corrected chi connectivity index (χ3v) is 4.09. The number of allylic oxidation sites excluding steroid dienone is 4. The molecule has 0 fully saturated rings. The molecule has 0 spiro atoms. The smallest absolute Gasteiger partial charge is 0.0538 e. The van der Waals surface area contributed by atoms with Gasteiger partial charge in [0.2, 0.25) is 0 Å². The molecule has 0 aliphatic heterocycles. The van der Waals surface area contributed by atoms with E-state index in [1.807, 2.05) is 32.1 Å². The average molecular weight is 328 g/mol. The zero-order chi connectivity index (χ0) is 14.9. The van der Waals surface area contributed by atoms with Gasteiger partial charge in [0, 0.05) is 9.86 Å². The summed E-state index contributed by atoms with van der Waals surface area (Å²) < 4.78 is 0.923. The number of hydrogen-bond acceptors (Lipinski definition) is 1. The van der Waals surface area contributed by atoms with Crippen LogP contribution in [0.1, 0.15) is 25.0 Å². The molecule has 0 amide bonds. The quantitative estimate of drug-likeness (QED) is 0.692. The molecule has 0 saturated carbocycles. The van der Waals surface area contributed by atoms with E-state index in [9.17, 15) is 0 Å². The summed E-state index contributed by atoms with van der Waals surface area (Å²) in [4.78, 5) is 0. The minimum atomic E-state index is 0.782. The maximum absolute atomic E-state index is 6.14. The normalized spacial score (nSPS) is 12.2. The summed E-state index contributed by atoms with van der Waals surface area (Å²) >= 11 is 3.52. The van der Waals surface area contributed by atoms with Crippen LogP contribution in [0.4, 0.5) is 5.69 Å². The van der Waals surface area contributed by atoms with E-state index in [1.54, 1.807) is 0 Å². The lowest BCUT2D eigenvalue weighted by atomic mass is 10.0. The van der Waals surface area contributed by atoms with Gasteiger partial charge in [-0.15, -0.1) is 0 Å². The maximum atomic E-state index is 6.14. The SMILES string of the molecule is C=CC1=C(C=C)c2cc(Br)c(N)c3cccc1c23.CC. The van der Waals surface area contributed by atoms with E-state index in [0.29, 0.717) is 0 Å². The minimum Gasteiger partial charge on any atom is -0.397 e. The topological polar surface area (TPSA) is 26.0 Å². The van der Waals surface area contributed by atoms with Crippen molar-refractivity contribution in [1.82, 2.24) is 0 Å². The van der Waals surface area contributed by atoms with Crippen molar-refractivity contribution in [3.8, 4) is 0 Å². The van der Waals surface area contributed by atoms with Crippen molar-refractivity contribution in [1.29, 1.82) is 0 Å². The summed E-state index contributed by atoms with van der Waals surface area (Å²) in [5, 5.41) is 2.27. The van der Waals surface area contributed by atoms with Crippen molar-refractivity contribution in [2.45, 2.75) is 13.8 Å².